The molecule has 0 saturated heterocycles. The van der Waals surface area contributed by atoms with Crippen LogP contribution in [0, 0.1) is 0 Å². The van der Waals surface area contributed by atoms with Crippen molar-refractivity contribution in [3.63, 3.8) is 0 Å². The molecule has 1 heterocycles. The summed E-state index contributed by atoms with van der Waals surface area (Å²) >= 11 is 3.42. The number of carbonyl (C=O) groups is 1. The molecule has 0 fully saturated rings. The van der Waals surface area contributed by atoms with E-state index in [-0.39, 0.29) is 0 Å². The van der Waals surface area contributed by atoms with Gasteiger partial charge in [-0.05, 0) is 24.3 Å². The van der Waals surface area contributed by atoms with Crippen molar-refractivity contribution in [3.05, 3.63) is 70.8 Å². The van der Waals surface area contributed by atoms with Crippen molar-refractivity contribution in [2.75, 3.05) is 0 Å². The van der Waals surface area contributed by atoms with Gasteiger partial charge in [0.05, 0.1) is 11.9 Å². The summed E-state index contributed by atoms with van der Waals surface area (Å²) in [7, 11) is 0. The first-order valence-electron chi connectivity index (χ1n) is 7.13. The largest absolute Gasteiger partial charge is 0.350 e. The molecular weight excluding hydrogens is 370 g/mol. The summed E-state index contributed by atoms with van der Waals surface area (Å²) in [5, 5.41) is 8.48. The van der Waals surface area contributed by atoms with Gasteiger partial charge in [0.15, 0.2) is 0 Å². The predicted octanol–water partition coefficient (Wildman–Crippen LogP) is 3.30. The SMILES string of the molecule is NC(=O)N/N=C\c1cn(-c2ccccc2)nc1-c1ccc(Br)cc1. The first-order chi connectivity index (χ1) is 11.6. The summed E-state index contributed by atoms with van der Waals surface area (Å²) in [6.07, 6.45) is 3.37. The molecule has 24 heavy (non-hydrogen) atoms. The van der Waals surface area contributed by atoms with Crippen LogP contribution in [0.25, 0.3) is 16.9 Å². The Kier molecular flexibility index (Phi) is 4.72. The maximum absolute atomic E-state index is 10.8. The van der Waals surface area contributed by atoms with E-state index in [1.165, 1.54) is 6.21 Å². The Bertz CT molecular complexity index is 872. The van der Waals surface area contributed by atoms with Gasteiger partial charge in [-0.25, -0.2) is 14.9 Å². The van der Waals surface area contributed by atoms with Gasteiger partial charge in [-0.15, -0.1) is 0 Å². The van der Waals surface area contributed by atoms with Gasteiger partial charge in [0.2, 0.25) is 0 Å². The molecule has 6 nitrogen and oxygen atoms in total. The number of benzene rings is 2. The maximum atomic E-state index is 10.8. The lowest BCUT2D eigenvalue weighted by atomic mass is 10.1. The Balaban J connectivity index is 2.04. The first-order valence-corrected chi connectivity index (χ1v) is 7.92. The van der Waals surface area contributed by atoms with E-state index in [0.29, 0.717) is 0 Å². The van der Waals surface area contributed by atoms with Crippen LogP contribution in [0.2, 0.25) is 0 Å². The van der Waals surface area contributed by atoms with Gasteiger partial charge in [0.1, 0.15) is 5.69 Å². The van der Waals surface area contributed by atoms with Gasteiger partial charge in [0.25, 0.3) is 0 Å². The van der Waals surface area contributed by atoms with Crippen LogP contribution in [0.4, 0.5) is 4.79 Å². The fraction of sp³-hybridized carbons (Fsp3) is 0. The van der Waals surface area contributed by atoms with Crippen LogP contribution in [0.1, 0.15) is 5.56 Å². The van der Waals surface area contributed by atoms with Crippen molar-refractivity contribution in [1.29, 1.82) is 0 Å². The Morgan fingerprint density at radius 3 is 2.54 bits per heavy atom. The maximum Gasteiger partial charge on any atom is 0.332 e. The second-order valence-electron chi connectivity index (χ2n) is 4.95. The number of hydrogen-bond acceptors (Lipinski definition) is 3. The molecule has 3 aromatic rings. The van der Waals surface area contributed by atoms with Gasteiger partial charge >= 0.3 is 6.03 Å². The van der Waals surface area contributed by atoms with Crippen LogP contribution in [-0.4, -0.2) is 22.0 Å². The monoisotopic (exact) mass is 383 g/mol. The van der Waals surface area contributed by atoms with Gasteiger partial charge in [-0.1, -0.05) is 46.3 Å². The van der Waals surface area contributed by atoms with Crippen molar-refractivity contribution in [2.24, 2.45) is 10.8 Å². The van der Waals surface area contributed by atoms with Crippen LogP contribution in [0.3, 0.4) is 0 Å². The van der Waals surface area contributed by atoms with Crippen LogP contribution in [0.15, 0.2) is 70.4 Å². The smallest absolute Gasteiger partial charge is 0.332 e. The lowest BCUT2D eigenvalue weighted by molar-refractivity contribution is 0.249. The minimum Gasteiger partial charge on any atom is -0.350 e. The predicted molar refractivity (Wildman–Crippen MR) is 97.0 cm³/mol. The van der Waals surface area contributed by atoms with Crippen molar-refractivity contribution in [1.82, 2.24) is 15.2 Å². The van der Waals surface area contributed by atoms with E-state index in [1.807, 2.05) is 60.8 Å². The molecular formula is C17H14BrN5O. The van der Waals surface area contributed by atoms with E-state index in [4.69, 9.17) is 5.73 Å². The minimum absolute atomic E-state index is 0.716. The Morgan fingerprint density at radius 2 is 1.88 bits per heavy atom. The van der Waals surface area contributed by atoms with Crippen LogP contribution in [-0.2, 0) is 0 Å². The second kappa shape index (κ2) is 7.10. The fourth-order valence-corrected chi connectivity index (χ4v) is 2.46. The molecule has 0 aliphatic rings. The highest BCUT2D eigenvalue weighted by Gasteiger charge is 2.11. The lowest BCUT2D eigenvalue weighted by Gasteiger charge is -2.00. The van der Waals surface area contributed by atoms with Crippen molar-refractivity contribution >= 4 is 28.2 Å². The number of nitrogens with two attached hydrogens (primary N) is 1. The van der Waals surface area contributed by atoms with Gasteiger partial charge < -0.3 is 5.73 Å². The molecule has 3 rings (SSSR count). The number of halogens is 1. The summed E-state index contributed by atoms with van der Waals surface area (Å²) in [6, 6.07) is 16.8. The molecule has 7 heteroatoms. The fourth-order valence-electron chi connectivity index (χ4n) is 2.19. The summed E-state index contributed by atoms with van der Waals surface area (Å²) in [4.78, 5) is 10.8. The molecule has 0 radical (unpaired) electrons. The molecule has 3 N–H and O–H groups in total. The zero-order valence-corrected chi connectivity index (χ0v) is 14.1. The highest BCUT2D eigenvalue weighted by Crippen LogP contribution is 2.24. The molecule has 0 atom stereocenters. The average molecular weight is 384 g/mol. The number of urea groups is 1. The molecule has 1 aromatic heterocycles. The molecule has 2 amide bonds. The lowest BCUT2D eigenvalue weighted by Crippen LogP contribution is -2.24. The van der Waals surface area contributed by atoms with Crippen molar-refractivity contribution < 1.29 is 4.79 Å². The van der Waals surface area contributed by atoms with Crippen LogP contribution < -0.4 is 11.2 Å². The number of rotatable bonds is 4. The van der Waals surface area contributed by atoms with E-state index >= 15 is 0 Å². The van der Waals surface area contributed by atoms with E-state index in [0.717, 1.165) is 27.0 Å². The number of nitrogens with one attached hydrogen (secondary N) is 1. The topological polar surface area (TPSA) is 85.3 Å². The number of primary amides is 1. The highest BCUT2D eigenvalue weighted by molar-refractivity contribution is 9.10. The van der Waals surface area contributed by atoms with E-state index in [2.05, 4.69) is 31.6 Å². The Morgan fingerprint density at radius 1 is 1.17 bits per heavy atom. The van der Waals surface area contributed by atoms with Crippen molar-refractivity contribution in [3.8, 4) is 16.9 Å². The summed E-state index contributed by atoms with van der Waals surface area (Å²) in [5.74, 6) is 0. The van der Waals surface area contributed by atoms with Crippen LogP contribution >= 0.6 is 15.9 Å². The summed E-state index contributed by atoms with van der Waals surface area (Å²) in [5.41, 5.74) is 10.6. The third-order valence-electron chi connectivity index (χ3n) is 3.26. The van der Waals surface area contributed by atoms with Gasteiger partial charge in [0, 0.05) is 21.8 Å². The molecule has 0 saturated carbocycles. The zero-order valence-electron chi connectivity index (χ0n) is 12.6. The minimum atomic E-state index is -0.716. The number of amides is 2. The third-order valence-corrected chi connectivity index (χ3v) is 3.79. The van der Waals surface area contributed by atoms with Gasteiger partial charge in [-0.3, -0.25) is 0 Å². The highest BCUT2D eigenvalue weighted by atomic mass is 79.9. The summed E-state index contributed by atoms with van der Waals surface area (Å²) in [6.45, 7) is 0. The van der Waals surface area contributed by atoms with E-state index < -0.39 is 6.03 Å². The molecule has 2 aromatic carbocycles. The van der Waals surface area contributed by atoms with Gasteiger partial charge in [-0.2, -0.15) is 10.2 Å². The number of hydrogen-bond donors (Lipinski definition) is 2. The quantitative estimate of drug-likeness (QED) is 0.534. The van der Waals surface area contributed by atoms with E-state index in [9.17, 15) is 4.79 Å². The van der Waals surface area contributed by atoms with Crippen molar-refractivity contribution in [2.45, 2.75) is 0 Å². The molecule has 0 spiro atoms. The Labute approximate surface area is 147 Å². The normalized spacial score (nSPS) is 10.9. The third kappa shape index (κ3) is 3.69. The number of aromatic nitrogens is 2. The molecule has 0 unspecified atom stereocenters. The number of nitrogens with zero attached hydrogens (tertiary/aromatic N) is 3. The van der Waals surface area contributed by atoms with E-state index in [1.54, 1.807) is 4.68 Å². The molecule has 120 valence electrons. The number of carbonyl (C=O) groups excluding carboxylic acids is 1. The Hall–Kier alpha value is -2.93. The number of para-hydroxylation sites is 1. The standard InChI is InChI=1S/C17H14BrN5O/c18-14-8-6-12(7-9-14)16-13(10-20-21-17(19)24)11-23(22-16)15-4-2-1-3-5-15/h1-11H,(H3,19,21,24)/b20-10-. The number of hydrazone groups is 1. The molecule has 0 aliphatic carbocycles. The average Bonchev–Trinajstić information content (AvgIpc) is 3.00. The first kappa shape index (κ1) is 15.9. The summed E-state index contributed by atoms with van der Waals surface area (Å²) < 4.78 is 2.75. The second-order valence-corrected chi connectivity index (χ2v) is 5.87. The molecule has 0 aliphatic heterocycles. The molecule has 0 bridgehead atoms. The van der Waals surface area contributed by atoms with Crippen LogP contribution in [0.5, 0.6) is 0 Å². The zero-order chi connectivity index (χ0) is 16.9.